The lowest BCUT2D eigenvalue weighted by molar-refractivity contribution is 0.194. The van der Waals surface area contributed by atoms with Crippen molar-refractivity contribution in [3.05, 3.63) is 60.7 Å². The van der Waals surface area contributed by atoms with Gasteiger partial charge in [-0.3, -0.25) is 9.05 Å². The van der Waals surface area contributed by atoms with Crippen molar-refractivity contribution in [3.63, 3.8) is 0 Å². The molecule has 0 amide bonds. The summed E-state index contributed by atoms with van der Waals surface area (Å²) < 4.78 is 33.6. The number of rotatable bonds is 13. The van der Waals surface area contributed by atoms with Gasteiger partial charge >= 0.3 is 13.6 Å². The molecule has 2 rings (SSSR count). The first-order valence-corrected chi connectivity index (χ1v) is 18.8. The summed E-state index contributed by atoms with van der Waals surface area (Å²) in [5.74, 6) is 0. The Kier molecular flexibility index (Phi) is 11.9. The molecule has 28 heavy (non-hydrogen) atoms. The Bertz CT molecular complexity index is 732. The quantitative estimate of drug-likeness (QED) is 0.152. The molecule has 0 bridgehead atoms. The molecule has 0 spiro atoms. The van der Waals surface area contributed by atoms with Crippen molar-refractivity contribution < 1.29 is 28.0 Å². The second-order valence-electron chi connectivity index (χ2n) is 4.68. The summed E-state index contributed by atoms with van der Waals surface area (Å²) >= 11 is 0. The SMILES string of the molecule is O=P(O)(OCCOP(=O)(O)SSSc1ccccc1)SSSc1ccccc1. The first kappa shape index (κ1) is 25.1. The molecule has 2 N–H and O–H groups in total. The summed E-state index contributed by atoms with van der Waals surface area (Å²) in [4.78, 5) is 21.4. The van der Waals surface area contributed by atoms with Crippen LogP contribution in [0, 0.1) is 0 Å². The molecule has 0 heterocycles. The molecule has 0 aliphatic heterocycles. The van der Waals surface area contributed by atoms with Crippen LogP contribution in [0.3, 0.4) is 0 Å². The third-order valence-electron chi connectivity index (χ3n) is 2.59. The largest absolute Gasteiger partial charge is 0.397 e. The Hall–Kier alpha value is 0.840. The predicted molar refractivity (Wildman–Crippen MR) is 127 cm³/mol. The molecule has 0 aliphatic carbocycles. The van der Waals surface area contributed by atoms with Gasteiger partial charge in [-0.15, -0.1) is 0 Å². The standard InChI is InChI=1S/C14H16O6P2S6/c15-21(16,25-27-23-13-7-3-1-4-8-13)19-11-12-20-22(17,18)26-28-24-14-9-5-2-6-10-14/h1-10H,11-12H2,(H,15,16)(H,17,18). The van der Waals surface area contributed by atoms with Crippen LogP contribution in [0.5, 0.6) is 0 Å². The molecule has 0 radical (unpaired) electrons. The monoisotopic (exact) mass is 534 g/mol. The maximum atomic E-state index is 11.9. The van der Waals surface area contributed by atoms with Gasteiger partial charge in [0.15, 0.2) is 0 Å². The van der Waals surface area contributed by atoms with Gasteiger partial charge in [0, 0.05) is 30.6 Å². The molecular formula is C14H16O6P2S6. The highest BCUT2D eigenvalue weighted by molar-refractivity contribution is 9.20. The topological polar surface area (TPSA) is 93.1 Å². The van der Waals surface area contributed by atoms with Crippen LogP contribution in [0.2, 0.25) is 0 Å². The lowest BCUT2D eigenvalue weighted by Crippen LogP contribution is -1.99. The van der Waals surface area contributed by atoms with Gasteiger partial charge in [0.25, 0.3) is 0 Å². The predicted octanol–water partition coefficient (Wildman–Crippen LogP) is 7.40. The maximum absolute atomic E-state index is 11.9. The van der Waals surface area contributed by atoms with E-state index in [0.29, 0.717) is 20.8 Å². The van der Waals surface area contributed by atoms with E-state index in [-0.39, 0.29) is 13.2 Å². The highest BCUT2D eigenvalue weighted by Crippen LogP contribution is 2.66. The van der Waals surface area contributed by atoms with Crippen LogP contribution in [0.1, 0.15) is 0 Å². The molecule has 154 valence electrons. The second kappa shape index (κ2) is 13.3. The normalized spacial score (nSPS) is 15.6. The fraction of sp³-hybridized carbons (Fsp3) is 0.143. The molecule has 6 nitrogen and oxygen atoms in total. The fourth-order valence-corrected chi connectivity index (χ4v) is 15.5. The van der Waals surface area contributed by atoms with E-state index in [2.05, 4.69) is 0 Å². The smallest absolute Gasteiger partial charge is 0.316 e. The van der Waals surface area contributed by atoms with Crippen molar-refractivity contribution in [2.75, 3.05) is 13.2 Å². The molecule has 2 aromatic carbocycles. The van der Waals surface area contributed by atoms with Gasteiger partial charge in [0.2, 0.25) is 0 Å². The molecule has 0 fully saturated rings. The Morgan fingerprint density at radius 1 is 0.679 bits per heavy atom. The van der Waals surface area contributed by atoms with Crippen LogP contribution >= 0.6 is 75.7 Å². The van der Waals surface area contributed by atoms with Crippen molar-refractivity contribution in [1.29, 1.82) is 0 Å². The van der Waals surface area contributed by atoms with Gasteiger partial charge in [0.1, 0.15) is 0 Å². The summed E-state index contributed by atoms with van der Waals surface area (Å²) in [7, 11) is 6.36. The molecule has 0 aromatic heterocycles. The van der Waals surface area contributed by atoms with Gasteiger partial charge in [0.05, 0.1) is 13.2 Å². The zero-order valence-electron chi connectivity index (χ0n) is 14.1. The van der Waals surface area contributed by atoms with Crippen molar-refractivity contribution in [2.24, 2.45) is 0 Å². The van der Waals surface area contributed by atoms with E-state index < -0.39 is 13.6 Å². The van der Waals surface area contributed by atoms with Crippen molar-refractivity contribution in [2.45, 2.75) is 9.79 Å². The van der Waals surface area contributed by atoms with Crippen molar-refractivity contribution >= 4 is 75.7 Å². The molecule has 0 aliphatic rings. The van der Waals surface area contributed by atoms with Gasteiger partial charge in [-0.1, -0.05) is 36.4 Å². The highest BCUT2D eigenvalue weighted by atomic mass is 33.6. The van der Waals surface area contributed by atoms with Crippen LogP contribution in [-0.2, 0) is 18.2 Å². The zero-order valence-corrected chi connectivity index (χ0v) is 20.7. The first-order valence-electron chi connectivity index (χ1n) is 7.47. The maximum Gasteiger partial charge on any atom is 0.397 e. The molecular weight excluding hydrogens is 518 g/mol. The molecule has 2 unspecified atom stereocenters. The zero-order chi connectivity index (χ0) is 20.3. The average Bonchev–Trinajstić information content (AvgIpc) is 2.67. The van der Waals surface area contributed by atoms with Crippen LogP contribution in [0.4, 0.5) is 0 Å². The summed E-state index contributed by atoms with van der Waals surface area (Å²) in [5.41, 5.74) is 0. The first-order chi connectivity index (χ1) is 13.4. The van der Waals surface area contributed by atoms with Crippen LogP contribution < -0.4 is 0 Å². The van der Waals surface area contributed by atoms with Crippen molar-refractivity contribution in [1.82, 2.24) is 0 Å². The fourth-order valence-electron chi connectivity index (χ4n) is 1.49. The van der Waals surface area contributed by atoms with Gasteiger partial charge in [-0.05, 0) is 65.5 Å². The minimum atomic E-state index is -3.88. The molecule has 0 saturated heterocycles. The number of hydrogen-bond donors (Lipinski definition) is 2. The van der Waals surface area contributed by atoms with Gasteiger partial charge in [-0.2, -0.15) is 0 Å². The Morgan fingerprint density at radius 3 is 1.39 bits per heavy atom. The van der Waals surface area contributed by atoms with Gasteiger partial charge < -0.3 is 9.79 Å². The minimum absolute atomic E-state index is 0.265. The van der Waals surface area contributed by atoms with E-state index in [1.165, 1.54) is 21.6 Å². The summed E-state index contributed by atoms with van der Waals surface area (Å²) in [6.07, 6.45) is 0. The van der Waals surface area contributed by atoms with E-state index in [4.69, 9.17) is 9.05 Å². The highest BCUT2D eigenvalue weighted by Gasteiger charge is 2.24. The summed E-state index contributed by atoms with van der Waals surface area (Å²) in [5, 5.41) is 0. The Balaban J connectivity index is 1.59. The van der Waals surface area contributed by atoms with E-state index in [9.17, 15) is 18.9 Å². The third kappa shape index (κ3) is 11.3. The summed E-state index contributed by atoms with van der Waals surface area (Å²) in [6, 6.07) is 18.8. The minimum Gasteiger partial charge on any atom is -0.316 e. The molecule has 14 heteroatoms. The van der Waals surface area contributed by atoms with E-state index in [1.807, 2.05) is 60.7 Å². The average molecular weight is 535 g/mol. The third-order valence-corrected chi connectivity index (χ3v) is 17.9. The number of hydrogen-bond acceptors (Lipinski definition) is 10. The van der Waals surface area contributed by atoms with E-state index in [1.54, 1.807) is 0 Å². The molecule has 2 aromatic rings. The Morgan fingerprint density at radius 2 is 1.04 bits per heavy atom. The lowest BCUT2D eigenvalue weighted by atomic mass is 10.4. The van der Waals surface area contributed by atoms with Crippen molar-refractivity contribution in [3.8, 4) is 0 Å². The number of benzene rings is 2. The Labute approximate surface area is 186 Å². The van der Waals surface area contributed by atoms with Crippen LogP contribution in [-0.4, -0.2) is 23.0 Å². The summed E-state index contributed by atoms with van der Waals surface area (Å²) in [6.45, 7) is -8.29. The van der Waals surface area contributed by atoms with Crippen LogP contribution in [0.25, 0.3) is 0 Å². The van der Waals surface area contributed by atoms with E-state index in [0.717, 1.165) is 29.4 Å². The molecule has 0 saturated carbocycles. The van der Waals surface area contributed by atoms with Crippen LogP contribution in [0.15, 0.2) is 70.5 Å². The molecule has 2 atom stereocenters. The second-order valence-corrected chi connectivity index (χ2v) is 19.5. The lowest BCUT2D eigenvalue weighted by Gasteiger charge is -2.12. The van der Waals surface area contributed by atoms with Gasteiger partial charge in [-0.25, -0.2) is 9.13 Å². The van der Waals surface area contributed by atoms with E-state index >= 15 is 0 Å².